The first-order valence-corrected chi connectivity index (χ1v) is 7.96. The number of thiophene rings is 1. The molecule has 0 aliphatic rings. The van der Waals surface area contributed by atoms with Gasteiger partial charge in [0.25, 0.3) is 0 Å². The Kier molecular flexibility index (Phi) is 3.78. The van der Waals surface area contributed by atoms with E-state index >= 15 is 0 Å². The molecular weight excluding hydrogens is 344 g/mol. The molecule has 21 heavy (non-hydrogen) atoms. The highest BCUT2D eigenvalue weighted by Gasteiger charge is 2.19. The Balaban J connectivity index is 2.32. The fraction of sp³-hybridized carbons (Fsp3) is 0. The van der Waals surface area contributed by atoms with E-state index in [1.165, 1.54) is 11.3 Å². The lowest BCUT2D eigenvalue weighted by molar-refractivity contribution is 1.52. The smallest absolute Gasteiger partial charge is 0.129 e. The molecule has 1 heterocycles. The normalized spacial score (nSPS) is 10.3. The van der Waals surface area contributed by atoms with E-state index in [1.54, 1.807) is 0 Å². The number of nitrogens with zero attached hydrogens (tertiary/aromatic N) is 1. The third kappa shape index (κ3) is 2.46. The van der Waals surface area contributed by atoms with Crippen molar-refractivity contribution in [1.82, 2.24) is 0 Å². The topological polar surface area (TPSA) is 49.8 Å². The molecule has 0 atom stereocenters. The van der Waals surface area contributed by atoms with Gasteiger partial charge < -0.3 is 5.73 Å². The molecule has 0 saturated carbocycles. The molecule has 3 rings (SSSR count). The Hall–Kier alpha value is -2.09. The fourth-order valence-electron chi connectivity index (χ4n) is 2.25. The summed E-state index contributed by atoms with van der Waals surface area (Å²) in [6.07, 6.45) is 0. The van der Waals surface area contributed by atoms with Crippen molar-refractivity contribution in [2.45, 2.75) is 0 Å². The van der Waals surface area contributed by atoms with Crippen LogP contribution in [-0.4, -0.2) is 0 Å². The molecule has 0 saturated heterocycles. The molecule has 2 nitrogen and oxygen atoms in total. The summed E-state index contributed by atoms with van der Waals surface area (Å²) >= 11 is 5.01. The van der Waals surface area contributed by atoms with Crippen molar-refractivity contribution in [3.63, 3.8) is 0 Å². The zero-order chi connectivity index (χ0) is 14.8. The van der Waals surface area contributed by atoms with Crippen molar-refractivity contribution < 1.29 is 0 Å². The molecule has 4 heteroatoms. The van der Waals surface area contributed by atoms with E-state index in [4.69, 9.17) is 5.73 Å². The fourth-order valence-corrected chi connectivity index (χ4v) is 3.95. The molecule has 0 bridgehead atoms. The standard InChI is InChI=1S/C17H11BrN2S/c18-13-9-5-4-8-12(13)17-15(11-6-2-1-3-7-11)16(20)14(10-19)21-17/h1-9H,20H2. The first-order valence-electron chi connectivity index (χ1n) is 6.35. The van der Waals surface area contributed by atoms with Crippen LogP contribution in [0.1, 0.15) is 4.88 Å². The molecule has 0 aliphatic heterocycles. The second-order valence-corrected chi connectivity index (χ2v) is 6.38. The zero-order valence-corrected chi connectivity index (χ0v) is 13.4. The van der Waals surface area contributed by atoms with Crippen LogP contribution >= 0.6 is 27.3 Å². The molecule has 0 fully saturated rings. The van der Waals surface area contributed by atoms with Gasteiger partial charge in [-0.3, -0.25) is 0 Å². The first kappa shape index (κ1) is 13.9. The predicted molar refractivity (Wildman–Crippen MR) is 92.0 cm³/mol. The number of nitrogens with two attached hydrogens (primary N) is 1. The molecule has 102 valence electrons. The van der Waals surface area contributed by atoms with Crippen LogP contribution in [0.2, 0.25) is 0 Å². The summed E-state index contributed by atoms with van der Waals surface area (Å²) in [4.78, 5) is 1.57. The van der Waals surface area contributed by atoms with Gasteiger partial charge in [0.1, 0.15) is 10.9 Å². The van der Waals surface area contributed by atoms with Crippen molar-refractivity contribution in [3.05, 3.63) is 63.9 Å². The van der Waals surface area contributed by atoms with Crippen molar-refractivity contribution in [1.29, 1.82) is 5.26 Å². The Labute approximate surface area is 135 Å². The van der Waals surface area contributed by atoms with Crippen LogP contribution in [0.25, 0.3) is 21.6 Å². The van der Waals surface area contributed by atoms with Crippen molar-refractivity contribution in [2.75, 3.05) is 5.73 Å². The van der Waals surface area contributed by atoms with Crippen LogP contribution in [0.4, 0.5) is 5.69 Å². The highest BCUT2D eigenvalue weighted by Crippen LogP contribution is 2.46. The number of anilines is 1. The summed E-state index contributed by atoms with van der Waals surface area (Å²) in [5.41, 5.74) is 9.77. The number of nitrogen functional groups attached to an aromatic ring is 1. The Bertz CT molecular complexity index is 832. The quantitative estimate of drug-likeness (QED) is 0.678. The van der Waals surface area contributed by atoms with E-state index in [0.717, 1.165) is 26.0 Å². The average Bonchev–Trinajstić information content (AvgIpc) is 2.85. The van der Waals surface area contributed by atoms with Gasteiger partial charge in [-0.25, -0.2) is 0 Å². The molecular formula is C17H11BrN2S. The minimum absolute atomic E-state index is 0.555. The molecule has 0 unspecified atom stereocenters. The summed E-state index contributed by atoms with van der Waals surface area (Å²) in [6, 6.07) is 20.1. The van der Waals surface area contributed by atoms with Gasteiger partial charge in [-0.15, -0.1) is 11.3 Å². The van der Waals surface area contributed by atoms with Crippen LogP contribution < -0.4 is 5.73 Å². The maximum Gasteiger partial charge on any atom is 0.129 e. The number of benzene rings is 2. The summed E-state index contributed by atoms with van der Waals surface area (Å²) < 4.78 is 0.993. The maximum atomic E-state index is 9.29. The molecule has 3 aromatic rings. The van der Waals surface area contributed by atoms with Crippen molar-refractivity contribution in [2.24, 2.45) is 0 Å². The van der Waals surface area contributed by atoms with E-state index in [-0.39, 0.29) is 0 Å². The Morgan fingerprint density at radius 3 is 2.33 bits per heavy atom. The monoisotopic (exact) mass is 354 g/mol. The highest BCUT2D eigenvalue weighted by molar-refractivity contribution is 9.10. The van der Waals surface area contributed by atoms with Crippen LogP contribution in [0, 0.1) is 11.3 Å². The minimum atomic E-state index is 0.555. The van der Waals surface area contributed by atoms with Gasteiger partial charge in [0.05, 0.1) is 5.69 Å². The summed E-state index contributed by atoms with van der Waals surface area (Å²) in [7, 11) is 0. The zero-order valence-electron chi connectivity index (χ0n) is 11.0. The molecule has 0 spiro atoms. The van der Waals surface area contributed by atoms with Crippen LogP contribution in [0.5, 0.6) is 0 Å². The van der Waals surface area contributed by atoms with Gasteiger partial charge in [0.15, 0.2) is 0 Å². The maximum absolute atomic E-state index is 9.29. The Morgan fingerprint density at radius 2 is 1.67 bits per heavy atom. The molecule has 0 aliphatic carbocycles. The largest absolute Gasteiger partial charge is 0.396 e. The number of hydrogen-bond acceptors (Lipinski definition) is 3. The Morgan fingerprint density at radius 1 is 1.00 bits per heavy atom. The minimum Gasteiger partial charge on any atom is -0.396 e. The van der Waals surface area contributed by atoms with E-state index in [0.29, 0.717) is 10.6 Å². The van der Waals surface area contributed by atoms with Gasteiger partial charge in [-0.05, 0) is 11.6 Å². The molecule has 2 N–H and O–H groups in total. The van der Waals surface area contributed by atoms with Crippen LogP contribution in [0.15, 0.2) is 59.1 Å². The van der Waals surface area contributed by atoms with Gasteiger partial charge in [-0.1, -0.05) is 64.5 Å². The number of halogens is 1. The molecule has 1 aromatic heterocycles. The lowest BCUT2D eigenvalue weighted by Crippen LogP contribution is -1.89. The van der Waals surface area contributed by atoms with Crippen molar-refractivity contribution in [3.8, 4) is 27.6 Å². The van der Waals surface area contributed by atoms with Gasteiger partial charge in [0.2, 0.25) is 0 Å². The summed E-state index contributed by atoms with van der Waals surface area (Å²) in [5, 5.41) is 9.29. The number of nitriles is 1. The number of rotatable bonds is 2. The van der Waals surface area contributed by atoms with Gasteiger partial charge in [0, 0.05) is 20.5 Å². The highest BCUT2D eigenvalue weighted by atomic mass is 79.9. The second kappa shape index (κ2) is 5.72. The second-order valence-electron chi connectivity index (χ2n) is 4.51. The first-order chi connectivity index (χ1) is 10.2. The van der Waals surface area contributed by atoms with Crippen LogP contribution in [-0.2, 0) is 0 Å². The van der Waals surface area contributed by atoms with Gasteiger partial charge in [-0.2, -0.15) is 5.26 Å². The average molecular weight is 355 g/mol. The van der Waals surface area contributed by atoms with Gasteiger partial charge >= 0.3 is 0 Å². The van der Waals surface area contributed by atoms with E-state index in [9.17, 15) is 5.26 Å². The predicted octanol–water partition coefficient (Wildman–Crippen LogP) is 5.30. The molecule has 0 radical (unpaired) electrons. The number of hydrogen-bond donors (Lipinski definition) is 1. The molecule has 2 aromatic carbocycles. The summed E-state index contributed by atoms with van der Waals surface area (Å²) in [5.74, 6) is 0. The third-order valence-electron chi connectivity index (χ3n) is 3.23. The summed E-state index contributed by atoms with van der Waals surface area (Å²) in [6.45, 7) is 0. The molecule has 0 amide bonds. The van der Waals surface area contributed by atoms with Crippen LogP contribution in [0.3, 0.4) is 0 Å². The van der Waals surface area contributed by atoms with E-state index < -0.39 is 0 Å². The van der Waals surface area contributed by atoms with Crippen molar-refractivity contribution >= 4 is 33.0 Å². The third-order valence-corrected chi connectivity index (χ3v) is 5.06. The SMILES string of the molecule is N#Cc1sc(-c2ccccc2Br)c(-c2ccccc2)c1N. The van der Waals surface area contributed by atoms with E-state index in [2.05, 4.69) is 22.0 Å². The lowest BCUT2D eigenvalue weighted by atomic mass is 10.0. The lowest BCUT2D eigenvalue weighted by Gasteiger charge is -2.07. The van der Waals surface area contributed by atoms with E-state index in [1.807, 2.05) is 54.6 Å².